The molecule has 2 saturated heterocycles. The number of carbonyl (C=O) groups is 2. The third-order valence-corrected chi connectivity index (χ3v) is 7.04. The monoisotopic (exact) mass is 439 g/mol. The Bertz CT molecular complexity index is 1080. The van der Waals surface area contributed by atoms with Gasteiger partial charge in [-0.25, -0.2) is 4.79 Å². The lowest BCUT2D eigenvalue weighted by Crippen LogP contribution is -2.55. The van der Waals surface area contributed by atoms with Crippen LogP contribution in [0.3, 0.4) is 0 Å². The normalized spacial score (nSPS) is 21.9. The molecule has 0 aliphatic carbocycles. The molecule has 0 N–H and O–H groups in total. The van der Waals surface area contributed by atoms with Crippen LogP contribution in [0, 0.1) is 5.92 Å². The van der Waals surface area contributed by atoms with E-state index in [1.807, 2.05) is 77.7 Å². The average Bonchev–Trinajstić information content (AvgIpc) is 2.87. The quantitative estimate of drug-likeness (QED) is 0.426. The smallest absolute Gasteiger partial charge is 0.410 e. The van der Waals surface area contributed by atoms with Crippen LogP contribution < -0.4 is 0 Å². The standard InChI is InChI=1S/C29H29NO3/c31-28(24-16-14-23(15-17-24)22-10-5-2-6-11-22)25-18-26-12-7-13-27(19-25)30(26)29(32)33-20-21-8-3-1-4-9-21/h1-6,8-11,14-17,25-27H,7,12-13,18-20H2. The Morgan fingerprint density at radius 1 is 0.758 bits per heavy atom. The Hall–Kier alpha value is -3.40. The lowest BCUT2D eigenvalue weighted by molar-refractivity contribution is 0.00473. The van der Waals surface area contributed by atoms with Crippen molar-refractivity contribution in [3.8, 4) is 11.1 Å². The third-order valence-electron chi connectivity index (χ3n) is 7.04. The summed E-state index contributed by atoms with van der Waals surface area (Å²) in [6, 6.07) is 28.1. The van der Waals surface area contributed by atoms with E-state index in [2.05, 4.69) is 12.1 Å². The van der Waals surface area contributed by atoms with E-state index in [0.717, 1.165) is 54.4 Å². The minimum Gasteiger partial charge on any atom is -0.445 e. The first-order valence-electron chi connectivity index (χ1n) is 11.9. The lowest BCUT2D eigenvalue weighted by Gasteiger charge is -2.47. The largest absolute Gasteiger partial charge is 0.445 e. The van der Waals surface area contributed by atoms with Gasteiger partial charge in [-0.05, 0) is 48.8 Å². The van der Waals surface area contributed by atoms with E-state index in [1.165, 1.54) is 0 Å². The van der Waals surface area contributed by atoms with Crippen LogP contribution in [0.5, 0.6) is 0 Å². The fourth-order valence-electron chi connectivity index (χ4n) is 5.38. The second-order valence-corrected chi connectivity index (χ2v) is 9.16. The molecular weight excluding hydrogens is 410 g/mol. The van der Waals surface area contributed by atoms with Gasteiger partial charge in [0.15, 0.2) is 5.78 Å². The number of benzene rings is 3. The highest BCUT2D eigenvalue weighted by Crippen LogP contribution is 2.39. The van der Waals surface area contributed by atoms with Crippen LogP contribution in [0.2, 0.25) is 0 Å². The van der Waals surface area contributed by atoms with Gasteiger partial charge < -0.3 is 9.64 Å². The number of ketones is 1. The zero-order valence-electron chi connectivity index (χ0n) is 18.7. The van der Waals surface area contributed by atoms with Crippen molar-refractivity contribution in [2.24, 2.45) is 5.92 Å². The van der Waals surface area contributed by atoms with Crippen LogP contribution in [0.15, 0.2) is 84.9 Å². The molecule has 0 spiro atoms. The van der Waals surface area contributed by atoms with Crippen molar-refractivity contribution in [1.82, 2.24) is 4.90 Å². The molecule has 2 bridgehead atoms. The molecule has 2 heterocycles. The molecule has 2 unspecified atom stereocenters. The number of amides is 1. The molecule has 2 aliphatic heterocycles. The molecule has 5 rings (SSSR count). The van der Waals surface area contributed by atoms with Crippen LogP contribution in [0.1, 0.15) is 48.0 Å². The highest BCUT2D eigenvalue weighted by Gasteiger charge is 2.43. The van der Waals surface area contributed by atoms with E-state index < -0.39 is 0 Å². The number of ether oxygens (including phenoxy) is 1. The summed E-state index contributed by atoms with van der Waals surface area (Å²) in [5.74, 6) is 0.157. The minimum atomic E-state index is -0.244. The molecule has 2 fully saturated rings. The highest BCUT2D eigenvalue weighted by molar-refractivity contribution is 5.98. The Morgan fingerprint density at radius 3 is 1.97 bits per heavy atom. The number of hydrogen-bond donors (Lipinski definition) is 0. The summed E-state index contributed by atoms with van der Waals surface area (Å²) in [7, 11) is 0. The Labute approximate surface area is 195 Å². The maximum Gasteiger partial charge on any atom is 0.410 e. The van der Waals surface area contributed by atoms with Gasteiger partial charge in [0.2, 0.25) is 0 Å². The predicted molar refractivity (Wildman–Crippen MR) is 129 cm³/mol. The molecule has 2 atom stereocenters. The van der Waals surface area contributed by atoms with Crippen LogP contribution in [-0.4, -0.2) is 28.9 Å². The second kappa shape index (κ2) is 9.62. The number of fused-ring (bicyclic) bond motifs is 2. The molecule has 0 saturated carbocycles. The van der Waals surface area contributed by atoms with Crippen LogP contribution in [-0.2, 0) is 11.3 Å². The number of rotatable bonds is 5. The molecule has 4 heteroatoms. The fraction of sp³-hybridized carbons (Fsp3) is 0.310. The number of hydrogen-bond acceptors (Lipinski definition) is 3. The van der Waals surface area contributed by atoms with E-state index in [0.29, 0.717) is 0 Å². The van der Waals surface area contributed by atoms with Gasteiger partial charge in [0.25, 0.3) is 0 Å². The first-order chi connectivity index (χ1) is 16.2. The summed E-state index contributed by atoms with van der Waals surface area (Å²) in [6.45, 7) is 0.283. The van der Waals surface area contributed by atoms with E-state index in [1.54, 1.807) is 0 Å². The number of Topliss-reactive ketones (excluding diaryl/α,β-unsaturated/α-hetero) is 1. The zero-order chi connectivity index (χ0) is 22.6. The third kappa shape index (κ3) is 4.70. The number of carbonyl (C=O) groups excluding carboxylic acids is 2. The van der Waals surface area contributed by atoms with Crippen molar-refractivity contribution in [2.75, 3.05) is 0 Å². The maximum atomic E-state index is 13.3. The first kappa shape index (κ1) is 21.4. The first-order valence-corrected chi connectivity index (χ1v) is 11.9. The summed E-state index contributed by atoms with van der Waals surface area (Å²) in [4.78, 5) is 28.2. The van der Waals surface area contributed by atoms with Gasteiger partial charge in [-0.3, -0.25) is 4.79 Å². The molecule has 0 radical (unpaired) electrons. The van der Waals surface area contributed by atoms with Gasteiger partial charge >= 0.3 is 6.09 Å². The number of nitrogens with zero attached hydrogens (tertiary/aromatic N) is 1. The van der Waals surface area contributed by atoms with Gasteiger partial charge in [-0.1, -0.05) is 84.9 Å². The summed E-state index contributed by atoms with van der Waals surface area (Å²) >= 11 is 0. The summed E-state index contributed by atoms with van der Waals surface area (Å²) in [5, 5.41) is 0. The van der Waals surface area contributed by atoms with Gasteiger partial charge in [0.05, 0.1) is 0 Å². The van der Waals surface area contributed by atoms with Crippen molar-refractivity contribution < 1.29 is 14.3 Å². The molecule has 168 valence electrons. The molecule has 2 aliphatic rings. The fourth-order valence-corrected chi connectivity index (χ4v) is 5.38. The van der Waals surface area contributed by atoms with Gasteiger partial charge in [-0.15, -0.1) is 0 Å². The zero-order valence-corrected chi connectivity index (χ0v) is 18.7. The second-order valence-electron chi connectivity index (χ2n) is 9.16. The van der Waals surface area contributed by atoms with E-state index >= 15 is 0 Å². The molecule has 33 heavy (non-hydrogen) atoms. The van der Waals surface area contributed by atoms with Gasteiger partial charge in [-0.2, -0.15) is 0 Å². The van der Waals surface area contributed by atoms with Crippen molar-refractivity contribution in [1.29, 1.82) is 0 Å². The summed E-state index contributed by atoms with van der Waals surface area (Å²) < 4.78 is 5.64. The van der Waals surface area contributed by atoms with Crippen molar-refractivity contribution in [3.05, 3.63) is 96.1 Å². The van der Waals surface area contributed by atoms with Gasteiger partial charge in [0.1, 0.15) is 6.61 Å². The Kier molecular flexibility index (Phi) is 6.25. The lowest BCUT2D eigenvalue weighted by atomic mass is 9.76. The highest BCUT2D eigenvalue weighted by atomic mass is 16.6. The molecule has 4 nitrogen and oxygen atoms in total. The van der Waals surface area contributed by atoms with E-state index in [4.69, 9.17) is 4.74 Å². The topological polar surface area (TPSA) is 46.6 Å². The average molecular weight is 440 g/mol. The van der Waals surface area contributed by atoms with Crippen LogP contribution in [0.25, 0.3) is 11.1 Å². The number of piperidine rings is 2. The molecule has 1 amide bonds. The Morgan fingerprint density at radius 2 is 1.33 bits per heavy atom. The van der Waals surface area contributed by atoms with Crippen molar-refractivity contribution in [3.63, 3.8) is 0 Å². The summed E-state index contributed by atoms with van der Waals surface area (Å²) in [6.07, 6.45) is 4.17. The van der Waals surface area contributed by atoms with Gasteiger partial charge in [0, 0.05) is 23.6 Å². The SMILES string of the molecule is O=C(c1ccc(-c2ccccc2)cc1)C1CC2CCCC(C1)N2C(=O)OCc1ccccc1. The molecule has 3 aromatic rings. The molecular formula is C29H29NO3. The summed E-state index contributed by atoms with van der Waals surface area (Å²) in [5.41, 5.74) is 4.01. The predicted octanol–water partition coefficient (Wildman–Crippen LogP) is 6.51. The van der Waals surface area contributed by atoms with Crippen molar-refractivity contribution in [2.45, 2.75) is 50.8 Å². The van der Waals surface area contributed by atoms with Crippen LogP contribution >= 0.6 is 0 Å². The minimum absolute atomic E-state index is 0.0407. The maximum absolute atomic E-state index is 13.3. The van der Waals surface area contributed by atoms with E-state index in [9.17, 15) is 9.59 Å². The van der Waals surface area contributed by atoms with Crippen molar-refractivity contribution >= 4 is 11.9 Å². The van der Waals surface area contributed by atoms with Crippen LogP contribution in [0.4, 0.5) is 4.79 Å². The molecule has 3 aromatic carbocycles. The Balaban J connectivity index is 1.24. The van der Waals surface area contributed by atoms with E-state index in [-0.39, 0.29) is 36.5 Å². The molecule has 0 aromatic heterocycles.